The highest BCUT2D eigenvalue weighted by molar-refractivity contribution is 7.09. The van der Waals surface area contributed by atoms with E-state index in [0.29, 0.717) is 0 Å². The van der Waals surface area contributed by atoms with E-state index in [-0.39, 0.29) is 6.42 Å². The number of hydrogen-bond acceptors (Lipinski definition) is 3. The molecule has 0 atom stereocenters. The molecule has 0 aliphatic carbocycles. The van der Waals surface area contributed by atoms with E-state index in [1.54, 1.807) is 11.3 Å². The zero-order chi connectivity index (χ0) is 11.8. The first-order valence-electron chi connectivity index (χ1n) is 5.69. The number of rotatable bonds is 8. The lowest BCUT2D eigenvalue weighted by atomic mass is 10.2. The van der Waals surface area contributed by atoms with Crippen molar-refractivity contribution in [2.24, 2.45) is 0 Å². The molecule has 0 radical (unpaired) electrons. The van der Waals surface area contributed by atoms with Crippen molar-refractivity contribution in [1.82, 2.24) is 4.90 Å². The van der Waals surface area contributed by atoms with Gasteiger partial charge in [-0.05, 0) is 37.4 Å². The molecule has 1 rings (SSSR count). The lowest BCUT2D eigenvalue weighted by molar-refractivity contribution is -0.137. The summed E-state index contributed by atoms with van der Waals surface area (Å²) in [6.07, 6.45) is 2.03. The van der Waals surface area contributed by atoms with Gasteiger partial charge in [0.2, 0.25) is 0 Å². The molecule has 0 amide bonds. The molecule has 0 unspecified atom stereocenters. The monoisotopic (exact) mass is 241 g/mol. The second kappa shape index (κ2) is 7.41. The minimum Gasteiger partial charge on any atom is -0.481 e. The van der Waals surface area contributed by atoms with Crippen molar-refractivity contribution >= 4 is 17.3 Å². The standard InChI is InChI=1S/C12H19NO2S/c1-2-13(8-4-3-7-12(14)15)10-11-6-5-9-16-11/h5-6,9H,2-4,7-8,10H2,1H3,(H,14,15). The van der Waals surface area contributed by atoms with Gasteiger partial charge in [0.05, 0.1) is 0 Å². The van der Waals surface area contributed by atoms with Crippen LogP contribution in [0.2, 0.25) is 0 Å². The highest BCUT2D eigenvalue weighted by atomic mass is 32.1. The van der Waals surface area contributed by atoms with E-state index >= 15 is 0 Å². The highest BCUT2D eigenvalue weighted by Gasteiger charge is 2.04. The van der Waals surface area contributed by atoms with E-state index in [0.717, 1.165) is 32.5 Å². The average molecular weight is 241 g/mol. The largest absolute Gasteiger partial charge is 0.481 e. The molecule has 0 spiro atoms. The first kappa shape index (κ1) is 13.2. The van der Waals surface area contributed by atoms with Crippen LogP contribution in [0.15, 0.2) is 17.5 Å². The first-order valence-corrected chi connectivity index (χ1v) is 6.57. The lowest BCUT2D eigenvalue weighted by Gasteiger charge is -2.19. The molecule has 0 aromatic carbocycles. The Balaban J connectivity index is 2.19. The quantitative estimate of drug-likeness (QED) is 0.711. The molecule has 0 saturated carbocycles. The average Bonchev–Trinajstić information content (AvgIpc) is 2.75. The summed E-state index contributed by atoms with van der Waals surface area (Å²) >= 11 is 1.77. The summed E-state index contributed by atoms with van der Waals surface area (Å²) in [7, 11) is 0. The summed E-state index contributed by atoms with van der Waals surface area (Å²) in [6, 6.07) is 4.21. The van der Waals surface area contributed by atoms with Gasteiger partial charge in [-0.1, -0.05) is 13.0 Å². The van der Waals surface area contributed by atoms with Crippen molar-refractivity contribution in [1.29, 1.82) is 0 Å². The number of unbranched alkanes of at least 4 members (excludes halogenated alkanes) is 1. The molecule has 0 aliphatic rings. The van der Waals surface area contributed by atoms with Crippen LogP contribution in [-0.4, -0.2) is 29.1 Å². The van der Waals surface area contributed by atoms with Gasteiger partial charge in [-0.2, -0.15) is 0 Å². The minimum atomic E-state index is -0.693. The number of carbonyl (C=O) groups is 1. The highest BCUT2D eigenvalue weighted by Crippen LogP contribution is 2.12. The van der Waals surface area contributed by atoms with Crippen molar-refractivity contribution in [3.05, 3.63) is 22.4 Å². The maximum atomic E-state index is 10.4. The third-order valence-electron chi connectivity index (χ3n) is 2.52. The molecule has 1 aromatic rings. The summed E-state index contributed by atoms with van der Waals surface area (Å²) < 4.78 is 0. The fourth-order valence-electron chi connectivity index (χ4n) is 1.58. The van der Waals surface area contributed by atoms with Gasteiger partial charge >= 0.3 is 5.97 Å². The van der Waals surface area contributed by atoms with Crippen LogP contribution in [-0.2, 0) is 11.3 Å². The Morgan fingerprint density at radius 3 is 2.88 bits per heavy atom. The van der Waals surface area contributed by atoms with Gasteiger partial charge in [0.1, 0.15) is 0 Å². The van der Waals surface area contributed by atoms with Gasteiger partial charge in [-0.25, -0.2) is 0 Å². The van der Waals surface area contributed by atoms with Crippen molar-refractivity contribution in [3.63, 3.8) is 0 Å². The van der Waals surface area contributed by atoms with Crippen LogP contribution >= 0.6 is 11.3 Å². The number of carboxylic acid groups (broad SMARTS) is 1. The first-order chi connectivity index (χ1) is 7.72. The molecule has 0 aliphatic heterocycles. The minimum absolute atomic E-state index is 0.288. The van der Waals surface area contributed by atoms with Crippen LogP contribution in [0.3, 0.4) is 0 Å². The third kappa shape index (κ3) is 5.28. The molecule has 16 heavy (non-hydrogen) atoms. The molecule has 1 N–H and O–H groups in total. The second-order valence-corrected chi connectivity index (χ2v) is 4.83. The Morgan fingerprint density at radius 1 is 1.50 bits per heavy atom. The zero-order valence-corrected chi connectivity index (χ0v) is 10.5. The maximum absolute atomic E-state index is 10.4. The summed E-state index contributed by atoms with van der Waals surface area (Å²) in [5, 5.41) is 10.6. The molecular formula is C12H19NO2S. The number of carboxylic acids is 1. The van der Waals surface area contributed by atoms with Crippen molar-refractivity contribution in [2.45, 2.75) is 32.7 Å². The molecule has 0 bridgehead atoms. The van der Waals surface area contributed by atoms with Gasteiger partial charge in [0.15, 0.2) is 0 Å². The van der Waals surface area contributed by atoms with Crippen molar-refractivity contribution in [2.75, 3.05) is 13.1 Å². The molecule has 3 nitrogen and oxygen atoms in total. The Labute approximate surface area is 101 Å². The van der Waals surface area contributed by atoms with Gasteiger partial charge in [-0.15, -0.1) is 11.3 Å². The van der Waals surface area contributed by atoms with E-state index in [1.165, 1.54) is 4.88 Å². The third-order valence-corrected chi connectivity index (χ3v) is 3.38. The van der Waals surface area contributed by atoms with E-state index in [1.807, 2.05) is 0 Å². The summed E-state index contributed by atoms with van der Waals surface area (Å²) in [4.78, 5) is 14.1. The van der Waals surface area contributed by atoms with E-state index < -0.39 is 5.97 Å². The smallest absolute Gasteiger partial charge is 0.303 e. The Hall–Kier alpha value is -0.870. The van der Waals surface area contributed by atoms with Crippen LogP contribution in [0.1, 0.15) is 31.1 Å². The van der Waals surface area contributed by atoms with Gasteiger partial charge in [-0.3, -0.25) is 9.69 Å². The second-order valence-electron chi connectivity index (χ2n) is 3.80. The van der Waals surface area contributed by atoms with Crippen LogP contribution in [0.4, 0.5) is 0 Å². The Morgan fingerprint density at radius 2 is 2.31 bits per heavy atom. The fraction of sp³-hybridized carbons (Fsp3) is 0.583. The molecule has 0 saturated heterocycles. The SMILES string of the molecule is CCN(CCCCC(=O)O)Cc1cccs1. The summed E-state index contributed by atoms with van der Waals surface area (Å²) in [5.41, 5.74) is 0. The van der Waals surface area contributed by atoms with E-state index in [4.69, 9.17) is 5.11 Å². The van der Waals surface area contributed by atoms with Crippen molar-refractivity contribution < 1.29 is 9.90 Å². The molecule has 0 fully saturated rings. The normalized spacial score (nSPS) is 10.9. The fourth-order valence-corrected chi connectivity index (χ4v) is 2.33. The van der Waals surface area contributed by atoms with Crippen molar-refractivity contribution in [3.8, 4) is 0 Å². The van der Waals surface area contributed by atoms with Crippen LogP contribution in [0.25, 0.3) is 0 Å². The summed E-state index contributed by atoms with van der Waals surface area (Å²) in [6.45, 7) is 5.14. The van der Waals surface area contributed by atoms with Gasteiger partial charge in [0, 0.05) is 17.8 Å². The summed E-state index contributed by atoms with van der Waals surface area (Å²) in [5.74, 6) is -0.693. The van der Waals surface area contributed by atoms with Crippen LogP contribution < -0.4 is 0 Å². The number of hydrogen-bond donors (Lipinski definition) is 1. The van der Waals surface area contributed by atoms with Crippen LogP contribution in [0, 0.1) is 0 Å². The molecule has 1 aromatic heterocycles. The predicted molar refractivity (Wildman–Crippen MR) is 66.8 cm³/mol. The Bertz CT molecular complexity index is 298. The van der Waals surface area contributed by atoms with Gasteiger partial charge in [0.25, 0.3) is 0 Å². The predicted octanol–water partition coefficient (Wildman–Crippen LogP) is 2.82. The number of aliphatic carboxylic acids is 1. The lowest BCUT2D eigenvalue weighted by Crippen LogP contribution is -2.23. The topological polar surface area (TPSA) is 40.5 Å². The molecular weight excluding hydrogens is 222 g/mol. The number of nitrogens with zero attached hydrogens (tertiary/aromatic N) is 1. The molecule has 1 heterocycles. The molecule has 4 heteroatoms. The van der Waals surface area contributed by atoms with E-state index in [2.05, 4.69) is 29.3 Å². The maximum Gasteiger partial charge on any atom is 0.303 e. The molecule has 90 valence electrons. The van der Waals surface area contributed by atoms with Gasteiger partial charge < -0.3 is 5.11 Å². The van der Waals surface area contributed by atoms with Crippen LogP contribution in [0.5, 0.6) is 0 Å². The Kier molecular flexibility index (Phi) is 6.11. The van der Waals surface area contributed by atoms with E-state index in [9.17, 15) is 4.79 Å². The number of thiophene rings is 1. The zero-order valence-electron chi connectivity index (χ0n) is 9.69.